The molecule has 78 valence electrons. The van der Waals surface area contributed by atoms with Gasteiger partial charge in [-0.1, -0.05) is 6.07 Å². The molecule has 1 aromatic carbocycles. The molecular formula is C9H10F3NO. The first-order valence-electron chi connectivity index (χ1n) is 4.02. The summed E-state index contributed by atoms with van der Waals surface area (Å²) in [6.45, 7) is 1.34. The molecule has 0 saturated carbocycles. The summed E-state index contributed by atoms with van der Waals surface area (Å²) in [4.78, 5) is 0. The molecule has 0 aromatic heterocycles. The molecule has 0 aliphatic carbocycles. The molecule has 2 nitrogen and oxygen atoms in total. The molecule has 2 atom stereocenters. The Morgan fingerprint density at radius 3 is 2.29 bits per heavy atom. The van der Waals surface area contributed by atoms with Crippen LogP contribution in [0.3, 0.4) is 0 Å². The quantitative estimate of drug-likeness (QED) is 0.718. The Balaban J connectivity index is 3.17. The Labute approximate surface area is 79.2 Å². The predicted octanol–water partition coefficient (Wildman–Crippen LogP) is 1.48. The summed E-state index contributed by atoms with van der Waals surface area (Å²) in [6.07, 6.45) is -1.03. The lowest BCUT2D eigenvalue weighted by atomic mass is 10.0. The second-order valence-electron chi connectivity index (χ2n) is 3.03. The van der Waals surface area contributed by atoms with Crippen molar-refractivity contribution in [3.05, 3.63) is 35.1 Å². The number of benzene rings is 1. The average Bonchev–Trinajstić information content (AvgIpc) is 2.13. The summed E-state index contributed by atoms with van der Waals surface area (Å²) < 4.78 is 38.3. The fourth-order valence-electron chi connectivity index (χ4n) is 1.06. The molecule has 0 fully saturated rings. The van der Waals surface area contributed by atoms with E-state index in [1.165, 1.54) is 6.92 Å². The van der Waals surface area contributed by atoms with Crippen LogP contribution >= 0.6 is 0 Å². The van der Waals surface area contributed by atoms with E-state index in [9.17, 15) is 13.2 Å². The highest BCUT2D eigenvalue weighted by atomic mass is 19.2. The topological polar surface area (TPSA) is 46.2 Å². The van der Waals surface area contributed by atoms with Gasteiger partial charge in [0, 0.05) is 5.56 Å². The molecule has 3 N–H and O–H groups in total. The summed E-state index contributed by atoms with van der Waals surface area (Å²) in [5.74, 6) is -4.19. The minimum atomic E-state index is -1.57. The molecule has 0 bridgehead atoms. The van der Waals surface area contributed by atoms with Gasteiger partial charge in [0.1, 0.15) is 0 Å². The van der Waals surface area contributed by atoms with Gasteiger partial charge in [-0.25, -0.2) is 13.2 Å². The maximum atomic E-state index is 13.1. The minimum absolute atomic E-state index is 0.237. The van der Waals surface area contributed by atoms with Crippen LogP contribution < -0.4 is 5.73 Å². The monoisotopic (exact) mass is 205 g/mol. The van der Waals surface area contributed by atoms with E-state index in [4.69, 9.17) is 10.8 Å². The summed E-state index contributed by atoms with van der Waals surface area (Å²) in [5.41, 5.74) is 5.14. The maximum absolute atomic E-state index is 13.1. The van der Waals surface area contributed by atoms with Crippen molar-refractivity contribution in [3.8, 4) is 0 Å². The number of hydrogen-bond donors (Lipinski definition) is 2. The minimum Gasteiger partial charge on any atom is -0.391 e. The van der Waals surface area contributed by atoms with Crippen molar-refractivity contribution >= 4 is 0 Å². The van der Waals surface area contributed by atoms with E-state index in [2.05, 4.69) is 0 Å². The van der Waals surface area contributed by atoms with E-state index in [1.807, 2.05) is 0 Å². The van der Waals surface area contributed by atoms with Crippen molar-refractivity contribution in [2.24, 2.45) is 5.73 Å². The highest BCUT2D eigenvalue weighted by Gasteiger charge is 2.20. The number of hydrogen-bond acceptors (Lipinski definition) is 2. The SMILES string of the molecule is CC(O)[C@@H](N)c1ccc(F)c(F)c1F. The van der Waals surface area contributed by atoms with Gasteiger partial charge >= 0.3 is 0 Å². The number of rotatable bonds is 2. The van der Waals surface area contributed by atoms with Crippen molar-refractivity contribution in [1.29, 1.82) is 0 Å². The van der Waals surface area contributed by atoms with Gasteiger partial charge in [-0.15, -0.1) is 0 Å². The highest BCUT2D eigenvalue weighted by molar-refractivity contribution is 5.24. The van der Waals surface area contributed by atoms with Crippen LogP contribution in [-0.4, -0.2) is 11.2 Å². The van der Waals surface area contributed by atoms with Crippen molar-refractivity contribution in [2.45, 2.75) is 19.1 Å². The Bertz CT molecular complexity index is 341. The molecule has 0 heterocycles. The number of aliphatic hydroxyl groups is 1. The zero-order valence-corrected chi connectivity index (χ0v) is 7.47. The van der Waals surface area contributed by atoms with Crippen LogP contribution in [0.2, 0.25) is 0 Å². The second kappa shape index (κ2) is 3.98. The van der Waals surface area contributed by atoms with Crippen LogP contribution in [0.15, 0.2) is 12.1 Å². The Hall–Kier alpha value is -1.07. The zero-order valence-electron chi connectivity index (χ0n) is 7.47. The van der Waals surface area contributed by atoms with E-state index in [-0.39, 0.29) is 5.56 Å². The third kappa shape index (κ3) is 1.88. The van der Waals surface area contributed by atoms with Crippen LogP contribution in [0.25, 0.3) is 0 Å². The van der Waals surface area contributed by atoms with Gasteiger partial charge in [0.25, 0.3) is 0 Å². The zero-order chi connectivity index (χ0) is 10.9. The fraction of sp³-hybridized carbons (Fsp3) is 0.333. The molecular weight excluding hydrogens is 195 g/mol. The smallest absolute Gasteiger partial charge is 0.194 e. The molecule has 0 amide bonds. The standard InChI is InChI=1S/C9H10F3NO/c1-4(14)9(13)5-2-3-6(10)8(12)7(5)11/h2-4,9,14H,13H2,1H3/t4?,9-/m1/s1. The lowest BCUT2D eigenvalue weighted by Gasteiger charge is -2.15. The first-order chi connectivity index (χ1) is 6.45. The first-order valence-corrected chi connectivity index (χ1v) is 4.02. The third-order valence-corrected chi connectivity index (χ3v) is 1.94. The van der Waals surface area contributed by atoms with E-state index in [1.54, 1.807) is 0 Å². The highest BCUT2D eigenvalue weighted by Crippen LogP contribution is 2.21. The molecule has 14 heavy (non-hydrogen) atoms. The van der Waals surface area contributed by atoms with Gasteiger partial charge in [0.15, 0.2) is 17.5 Å². The molecule has 0 saturated heterocycles. The van der Waals surface area contributed by atoms with Crippen LogP contribution in [0.1, 0.15) is 18.5 Å². The van der Waals surface area contributed by atoms with E-state index < -0.39 is 29.6 Å². The van der Waals surface area contributed by atoms with E-state index in [0.717, 1.165) is 12.1 Å². The van der Waals surface area contributed by atoms with Gasteiger partial charge in [-0.05, 0) is 13.0 Å². The number of aliphatic hydroxyl groups excluding tert-OH is 1. The Kier molecular flexibility index (Phi) is 3.13. The summed E-state index contributed by atoms with van der Waals surface area (Å²) >= 11 is 0. The van der Waals surface area contributed by atoms with Crippen LogP contribution in [0, 0.1) is 17.5 Å². The molecule has 0 aliphatic heterocycles. The van der Waals surface area contributed by atoms with Gasteiger partial charge < -0.3 is 10.8 Å². The van der Waals surface area contributed by atoms with Crippen molar-refractivity contribution in [3.63, 3.8) is 0 Å². The Morgan fingerprint density at radius 2 is 1.79 bits per heavy atom. The normalized spacial score (nSPS) is 15.3. The molecule has 0 aliphatic rings. The van der Waals surface area contributed by atoms with Crippen LogP contribution in [0.5, 0.6) is 0 Å². The van der Waals surface area contributed by atoms with E-state index >= 15 is 0 Å². The fourth-order valence-corrected chi connectivity index (χ4v) is 1.06. The molecule has 1 aromatic rings. The van der Waals surface area contributed by atoms with Crippen molar-refractivity contribution in [1.82, 2.24) is 0 Å². The van der Waals surface area contributed by atoms with Gasteiger partial charge in [-0.2, -0.15) is 0 Å². The lowest BCUT2D eigenvalue weighted by Crippen LogP contribution is -2.24. The molecule has 0 spiro atoms. The summed E-state index contributed by atoms with van der Waals surface area (Å²) in [5, 5.41) is 9.05. The number of halogens is 3. The van der Waals surface area contributed by atoms with Crippen molar-refractivity contribution in [2.75, 3.05) is 0 Å². The second-order valence-corrected chi connectivity index (χ2v) is 3.03. The Morgan fingerprint density at radius 1 is 1.21 bits per heavy atom. The molecule has 1 unspecified atom stereocenters. The van der Waals surface area contributed by atoms with Gasteiger partial charge in [-0.3, -0.25) is 0 Å². The average molecular weight is 205 g/mol. The first kappa shape index (κ1) is 11.0. The molecule has 1 rings (SSSR count). The molecule has 5 heteroatoms. The summed E-state index contributed by atoms with van der Waals surface area (Å²) in [6, 6.07) is 0.728. The molecule has 0 radical (unpaired) electrons. The largest absolute Gasteiger partial charge is 0.391 e. The van der Waals surface area contributed by atoms with Crippen LogP contribution in [0.4, 0.5) is 13.2 Å². The number of nitrogens with two attached hydrogens (primary N) is 1. The van der Waals surface area contributed by atoms with E-state index in [0.29, 0.717) is 0 Å². The maximum Gasteiger partial charge on any atom is 0.194 e. The van der Waals surface area contributed by atoms with Crippen molar-refractivity contribution < 1.29 is 18.3 Å². The lowest BCUT2D eigenvalue weighted by molar-refractivity contribution is 0.162. The van der Waals surface area contributed by atoms with Crippen LogP contribution in [-0.2, 0) is 0 Å². The summed E-state index contributed by atoms with van der Waals surface area (Å²) in [7, 11) is 0. The van der Waals surface area contributed by atoms with Gasteiger partial charge in [0.05, 0.1) is 12.1 Å². The van der Waals surface area contributed by atoms with Gasteiger partial charge in [0.2, 0.25) is 0 Å². The predicted molar refractivity (Wildman–Crippen MR) is 44.9 cm³/mol. The third-order valence-electron chi connectivity index (χ3n) is 1.94.